The molecule has 240 valence electrons. The fourth-order valence-corrected chi connectivity index (χ4v) is 6.95. The van der Waals surface area contributed by atoms with E-state index in [0.29, 0.717) is 21.6 Å². The number of methoxy groups -OCH3 is 1. The Balaban J connectivity index is 1.62. The van der Waals surface area contributed by atoms with Gasteiger partial charge in [0.2, 0.25) is 11.2 Å². The van der Waals surface area contributed by atoms with Crippen molar-refractivity contribution in [3.63, 3.8) is 0 Å². The van der Waals surface area contributed by atoms with E-state index in [4.69, 9.17) is 18.9 Å². The largest absolute Gasteiger partial charge is 0.514 e. The Hall–Kier alpha value is -4.53. The highest BCUT2D eigenvalue weighted by Crippen LogP contribution is 2.49. The van der Waals surface area contributed by atoms with Crippen molar-refractivity contribution in [2.75, 3.05) is 44.7 Å². The van der Waals surface area contributed by atoms with Crippen LogP contribution in [0.3, 0.4) is 0 Å². The summed E-state index contributed by atoms with van der Waals surface area (Å²) in [5.41, 5.74) is 0.796. The van der Waals surface area contributed by atoms with Crippen LogP contribution in [0.2, 0.25) is 0 Å². The van der Waals surface area contributed by atoms with Crippen molar-refractivity contribution in [3.8, 4) is 5.75 Å². The Morgan fingerprint density at radius 2 is 1.96 bits per heavy atom. The van der Waals surface area contributed by atoms with E-state index in [1.54, 1.807) is 18.2 Å². The van der Waals surface area contributed by atoms with Crippen LogP contribution in [0.4, 0.5) is 13.6 Å². The maximum absolute atomic E-state index is 15.9. The molecule has 3 atom stereocenters. The molecule has 6 rings (SSSR count). The van der Waals surface area contributed by atoms with Crippen molar-refractivity contribution < 1.29 is 37.3 Å². The first-order valence-corrected chi connectivity index (χ1v) is 15.6. The molecular formula is C32H30F2N4O7S. The third kappa shape index (κ3) is 5.15. The lowest BCUT2D eigenvalue weighted by Crippen LogP contribution is -2.66. The van der Waals surface area contributed by atoms with Gasteiger partial charge >= 0.3 is 6.16 Å². The van der Waals surface area contributed by atoms with Crippen LogP contribution >= 0.6 is 11.8 Å². The smallest absolute Gasteiger partial charge is 0.429 e. The Morgan fingerprint density at radius 3 is 2.70 bits per heavy atom. The summed E-state index contributed by atoms with van der Waals surface area (Å²) in [5, 5.41) is 1.75. The van der Waals surface area contributed by atoms with Crippen molar-refractivity contribution in [2.24, 2.45) is 4.99 Å². The molecule has 1 aliphatic carbocycles. The Labute approximate surface area is 267 Å². The molecule has 0 spiro atoms. The van der Waals surface area contributed by atoms with Gasteiger partial charge in [-0.2, -0.15) is 0 Å². The molecule has 0 saturated carbocycles. The zero-order valence-electron chi connectivity index (χ0n) is 25.2. The monoisotopic (exact) mass is 652 g/mol. The number of thioether (sulfide) groups is 1. The Morgan fingerprint density at radius 1 is 1.17 bits per heavy atom. The first kappa shape index (κ1) is 31.5. The summed E-state index contributed by atoms with van der Waals surface area (Å²) in [4.78, 5) is 46.4. The number of hydrogen-bond donors (Lipinski definition) is 0. The number of benzene rings is 2. The lowest BCUT2D eigenvalue weighted by atomic mass is 9.92. The zero-order valence-corrected chi connectivity index (χ0v) is 26.0. The summed E-state index contributed by atoms with van der Waals surface area (Å²) in [6.07, 6.45) is 0.525. The molecule has 3 aliphatic rings. The number of morpholine rings is 1. The number of carbonyl (C=O) groups is 2. The fourth-order valence-electron chi connectivity index (χ4n) is 6.19. The number of aromatic nitrogens is 1. The molecule has 2 aromatic carbocycles. The van der Waals surface area contributed by atoms with E-state index in [0.717, 1.165) is 12.1 Å². The zero-order chi connectivity index (χ0) is 32.7. The van der Waals surface area contributed by atoms with Gasteiger partial charge in [-0.25, -0.2) is 13.6 Å². The minimum atomic E-state index is -1.20. The van der Waals surface area contributed by atoms with Crippen LogP contribution in [0.1, 0.15) is 45.7 Å². The van der Waals surface area contributed by atoms with Crippen LogP contribution in [0.15, 0.2) is 58.4 Å². The van der Waals surface area contributed by atoms with Crippen LogP contribution < -0.4 is 15.2 Å². The molecular weight excluding hydrogens is 622 g/mol. The van der Waals surface area contributed by atoms with E-state index in [2.05, 4.69) is 11.7 Å². The lowest BCUT2D eigenvalue weighted by molar-refractivity contribution is -0.0199. The lowest BCUT2D eigenvalue weighted by Gasteiger charge is -2.51. The number of ether oxygens (including phenoxy) is 4. The molecule has 3 heterocycles. The number of rotatable bonds is 7. The number of halogens is 2. The molecule has 1 amide bonds. The maximum Gasteiger partial charge on any atom is 0.514 e. The second-order valence-electron chi connectivity index (χ2n) is 10.7. The predicted molar refractivity (Wildman–Crippen MR) is 168 cm³/mol. The van der Waals surface area contributed by atoms with Crippen LogP contribution in [0, 0.1) is 11.6 Å². The van der Waals surface area contributed by atoms with Crippen molar-refractivity contribution in [1.29, 1.82) is 0 Å². The Bertz CT molecular complexity index is 1830. The van der Waals surface area contributed by atoms with E-state index in [1.807, 2.05) is 24.3 Å². The van der Waals surface area contributed by atoms with Crippen molar-refractivity contribution >= 4 is 41.1 Å². The van der Waals surface area contributed by atoms with Gasteiger partial charge in [-0.1, -0.05) is 30.3 Å². The Kier molecular flexibility index (Phi) is 8.68. The van der Waals surface area contributed by atoms with E-state index in [1.165, 1.54) is 40.7 Å². The van der Waals surface area contributed by atoms with Gasteiger partial charge in [-0.15, -0.1) is 11.8 Å². The number of hydrogen-bond acceptors (Lipinski definition) is 10. The molecule has 1 saturated heterocycles. The number of amides is 1. The van der Waals surface area contributed by atoms with Gasteiger partial charge in [0.05, 0.1) is 31.6 Å². The molecule has 46 heavy (non-hydrogen) atoms. The first-order chi connectivity index (χ1) is 22.2. The second-order valence-corrected chi connectivity index (χ2v) is 11.5. The first-order valence-electron chi connectivity index (χ1n) is 14.3. The van der Waals surface area contributed by atoms with Crippen LogP contribution in [-0.2, 0) is 14.2 Å². The highest BCUT2D eigenvalue weighted by Gasteiger charge is 2.47. The fraction of sp³-hybridized carbons (Fsp3) is 0.312. The summed E-state index contributed by atoms with van der Waals surface area (Å²) in [7, 11) is 1.44. The summed E-state index contributed by atoms with van der Waals surface area (Å²) < 4.78 is 53.8. The molecule has 1 fully saturated rings. The number of nitrogens with zero attached hydrogens (tertiary/aromatic N) is 4. The van der Waals surface area contributed by atoms with E-state index < -0.39 is 53.2 Å². The SMILES string of the molecule is C=NC1=C(SC)c2ccccc2[C@@H](N2[C@@H]3COCCN3C(=O)c3c(OC(=O)O[C@H](C)COC)c(=O)ccn32)c2ccc(F)c(F)c21. The van der Waals surface area contributed by atoms with Gasteiger partial charge in [0.25, 0.3) is 5.91 Å². The van der Waals surface area contributed by atoms with E-state index >= 15 is 4.39 Å². The quantitative estimate of drug-likeness (QED) is 0.271. The van der Waals surface area contributed by atoms with Crippen LogP contribution in [0.5, 0.6) is 5.75 Å². The predicted octanol–water partition coefficient (Wildman–Crippen LogP) is 4.42. The van der Waals surface area contributed by atoms with Crippen LogP contribution in [0.25, 0.3) is 10.6 Å². The highest BCUT2D eigenvalue weighted by atomic mass is 32.2. The summed E-state index contributed by atoms with van der Waals surface area (Å²) >= 11 is 1.31. The molecule has 3 aromatic rings. The number of pyridine rings is 1. The van der Waals surface area contributed by atoms with Gasteiger partial charge in [0, 0.05) is 36.4 Å². The number of aliphatic imine (C=N–C) groups is 1. The molecule has 0 unspecified atom stereocenters. The average molecular weight is 653 g/mol. The van der Waals surface area contributed by atoms with Crippen molar-refractivity contribution in [1.82, 2.24) is 9.58 Å². The summed E-state index contributed by atoms with van der Waals surface area (Å²) in [6, 6.07) is 10.1. The number of carbonyl (C=O) groups excluding carboxylic acids is 2. The molecule has 0 radical (unpaired) electrons. The molecule has 11 nitrogen and oxygen atoms in total. The summed E-state index contributed by atoms with van der Waals surface area (Å²) in [5.74, 6) is -3.30. The van der Waals surface area contributed by atoms with Crippen molar-refractivity contribution in [2.45, 2.75) is 25.2 Å². The average Bonchev–Trinajstić information content (AvgIpc) is 3.16. The molecule has 2 aliphatic heterocycles. The topological polar surface area (TPSA) is 112 Å². The van der Waals surface area contributed by atoms with E-state index in [-0.39, 0.29) is 43.3 Å². The molecule has 0 bridgehead atoms. The van der Waals surface area contributed by atoms with Gasteiger partial charge in [-0.05, 0) is 42.7 Å². The third-order valence-electron chi connectivity index (χ3n) is 8.04. The second kappa shape index (κ2) is 12.7. The van der Waals surface area contributed by atoms with Gasteiger partial charge in [0.1, 0.15) is 12.3 Å². The van der Waals surface area contributed by atoms with Crippen LogP contribution in [-0.4, -0.2) is 80.4 Å². The normalized spacial score (nSPS) is 19.4. The minimum Gasteiger partial charge on any atom is -0.429 e. The van der Waals surface area contributed by atoms with Crippen molar-refractivity contribution in [3.05, 3.63) is 98.5 Å². The minimum absolute atomic E-state index is 0.0527. The maximum atomic E-state index is 15.9. The van der Waals surface area contributed by atoms with Gasteiger partial charge in [0.15, 0.2) is 17.3 Å². The van der Waals surface area contributed by atoms with E-state index in [9.17, 15) is 18.8 Å². The molecule has 14 heteroatoms. The van der Waals surface area contributed by atoms with Gasteiger partial charge in [-0.3, -0.25) is 24.3 Å². The highest BCUT2D eigenvalue weighted by molar-refractivity contribution is 8.07. The molecule has 0 N–H and O–H groups in total. The number of fused-ring (bicyclic) bond motifs is 4. The third-order valence-corrected chi connectivity index (χ3v) is 8.86. The summed E-state index contributed by atoms with van der Waals surface area (Å²) in [6.45, 7) is 5.75. The standard InChI is InChI=1S/C32H30F2N4O7S/c1-17(15-42-3)44-32(41)45-29-22(39)11-12-37-28(29)31(40)36-13-14-43-16-23(36)38(37)27-18-7-5-6-8-19(18)30(46-4)26(35-2)24-20(27)9-10-21(33)25(24)34/h5-12,17,23,27H,2,13-16H2,1,3-4H3/t17-,23-,27-/m1/s1. The van der Waals surface area contributed by atoms with Gasteiger partial charge < -0.3 is 23.8 Å². The molecule has 1 aromatic heterocycles.